The molecular formula is C16H16F5N3. The van der Waals surface area contributed by atoms with Crippen LogP contribution in [-0.4, -0.2) is 40.7 Å². The normalized spacial score (nSPS) is 17.4. The summed E-state index contributed by atoms with van der Waals surface area (Å²) in [5.74, 6) is -1.16. The van der Waals surface area contributed by atoms with Crippen LogP contribution in [0.2, 0.25) is 0 Å². The van der Waals surface area contributed by atoms with Crippen LogP contribution in [0.3, 0.4) is 0 Å². The molecule has 130 valence electrons. The summed E-state index contributed by atoms with van der Waals surface area (Å²) in [6, 6.07) is 3.57. The molecule has 0 spiro atoms. The lowest BCUT2D eigenvalue weighted by atomic mass is 9.96. The maximum Gasteiger partial charge on any atom is 0.401 e. The third-order valence-corrected chi connectivity index (χ3v) is 4.20. The van der Waals surface area contributed by atoms with Gasteiger partial charge in [-0.2, -0.15) is 13.2 Å². The van der Waals surface area contributed by atoms with Crippen LogP contribution in [0.5, 0.6) is 0 Å². The highest BCUT2D eigenvalue weighted by molar-refractivity contribution is 5.58. The van der Waals surface area contributed by atoms with E-state index in [0.717, 1.165) is 12.1 Å². The van der Waals surface area contributed by atoms with E-state index in [9.17, 15) is 22.0 Å². The van der Waals surface area contributed by atoms with Crippen LogP contribution < -0.4 is 0 Å². The van der Waals surface area contributed by atoms with Gasteiger partial charge < -0.3 is 4.98 Å². The van der Waals surface area contributed by atoms with Crippen LogP contribution in [0.15, 0.2) is 24.4 Å². The van der Waals surface area contributed by atoms with Gasteiger partial charge in [0.25, 0.3) is 0 Å². The molecule has 1 N–H and O–H groups in total. The van der Waals surface area contributed by atoms with Crippen LogP contribution in [0.4, 0.5) is 22.0 Å². The second-order valence-corrected chi connectivity index (χ2v) is 5.98. The fourth-order valence-corrected chi connectivity index (χ4v) is 2.97. The molecule has 1 saturated heterocycles. The molecule has 3 nitrogen and oxygen atoms in total. The molecule has 1 aliphatic rings. The van der Waals surface area contributed by atoms with E-state index in [2.05, 4.69) is 9.97 Å². The van der Waals surface area contributed by atoms with Gasteiger partial charge in [0.2, 0.25) is 0 Å². The van der Waals surface area contributed by atoms with E-state index < -0.39 is 24.4 Å². The number of rotatable bonds is 3. The van der Waals surface area contributed by atoms with Crippen molar-refractivity contribution in [2.75, 3.05) is 19.6 Å². The Labute approximate surface area is 135 Å². The van der Waals surface area contributed by atoms with Gasteiger partial charge in [0, 0.05) is 11.5 Å². The van der Waals surface area contributed by atoms with Crippen molar-refractivity contribution >= 4 is 0 Å². The molecule has 0 atom stereocenters. The molecule has 0 bridgehead atoms. The maximum atomic E-state index is 13.3. The lowest BCUT2D eigenvalue weighted by Crippen LogP contribution is -2.39. The van der Waals surface area contributed by atoms with Crippen LogP contribution in [0.25, 0.3) is 11.3 Å². The number of hydrogen-bond donors (Lipinski definition) is 1. The summed E-state index contributed by atoms with van der Waals surface area (Å²) in [7, 11) is 0. The molecule has 3 rings (SSSR count). The fraction of sp³-hybridized carbons (Fsp3) is 0.438. The molecule has 1 aromatic heterocycles. The van der Waals surface area contributed by atoms with Crippen molar-refractivity contribution in [2.24, 2.45) is 0 Å². The number of likely N-dealkylation sites (tertiary alicyclic amines) is 1. The first-order chi connectivity index (χ1) is 11.3. The molecular weight excluding hydrogens is 329 g/mol. The summed E-state index contributed by atoms with van der Waals surface area (Å²) >= 11 is 0. The Bertz CT molecular complexity index is 702. The number of hydrogen-bond acceptors (Lipinski definition) is 2. The highest BCUT2D eigenvalue weighted by Gasteiger charge is 2.33. The van der Waals surface area contributed by atoms with Gasteiger partial charge >= 0.3 is 6.18 Å². The minimum Gasteiger partial charge on any atom is -0.342 e. The van der Waals surface area contributed by atoms with Crippen molar-refractivity contribution in [3.63, 3.8) is 0 Å². The molecule has 2 heterocycles. The van der Waals surface area contributed by atoms with Gasteiger partial charge in [-0.3, -0.25) is 4.90 Å². The van der Waals surface area contributed by atoms with Gasteiger partial charge in [0.05, 0.1) is 18.4 Å². The first kappa shape index (κ1) is 16.9. The summed E-state index contributed by atoms with van der Waals surface area (Å²) < 4.78 is 63.5. The third-order valence-electron chi connectivity index (χ3n) is 4.20. The van der Waals surface area contributed by atoms with Gasteiger partial charge in [-0.25, -0.2) is 13.8 Å². The first-order valence-corrected chi connectivity index (χ1v) is 7.61. The number of aromatic amines is 1. The smallest absolute Gasteiger partial charge is 0.342 e. The van der Waals surface area contributed by atoms with Gasteiger partial charge in [-0.15, -0.1) is 0 Å². The van der Waals surface area contributed by atoms with Gasteiger partial charge in [0.1, 0.15) is 5.82 Å². The second-order valence-electron chi connectivity index (χ2n) is 5.98. The zero-order chi connectivity index (χ0) is 17.3. The van der Waals surface area contributed by atoms with Crippen LogP contribution in [-0.2, 0) is 0 Å². The molecule has 1 aromatic carbocycles. The molecule has 1 fully saturated rings. The number of nitrogens with one attached hydrogen (secondary N) is 1. The Hall–Kier alpha value is -1.96. The van der Waals surface area contributed by atoms with Crippen molar-refractivity contribution in [3.8, 4) is 11.3 Å². The predicted molar refractivity (Wildman–Crippen MR) is 78.4 cm³/mol. The molecule has 0 aliphatic carbocycles. The SMILES string of the molecule is Fc1ccc(-c2cnc(C3CCN(CC(F)(F)F)CC3)[nH]2)cc1F. The lowest BCUT2D eigenvalue weighted by Gasteiger charge is -2.31. The second kappa shape index (κ2) is 6.51. The van der Waals surface area contributed by atoms with Crippen molar-refractivity contribution in [1.82, 2.24) is 14.9 Å². The van der Waals surface area contributed by atoms with E-state index in [1.807, 2.05) is 0 Å². The molecule has 1 aliphatic heterocycles. The van der Waals surface area contributed by atoms with Crippen molar-refractivity contribution in [2.45, 2.75) is 24.9 Å². The van der Waals surface area contributed by atoms with E-state index in [0.29, 0.717) is 43.0 Å². The largest absolute Gasteiger partial charge is 0.401 e. The zero-order valence-electron chi connectivity index (χ0n) is 12.7. The topological polar surface area (TPSA) is 31.9 Å². The number of halogens is 5. The molecule has 24 heavy (non-hydrogen) atoms. The number of nitrogens with zero attached hydrogens (tertiary/aromatic N) is 2. The maximum absolute atomic E-state index is 13.3. The quantitative estimate of drug-likeness (QED) is 0.850. The minimum absolute atomic E-state index is 0.0357. The highest BCUT2D eigenvalue weighted by atomic mass is 19.4. The van der Waals surface area contributed by atoms with E-state index in [-0.39, 0.29) is 5.92 Å². The Balaban J connectivity index is 1.65. The summed E-state index contributed by atoms with van der Waals surface area (Å²) in [6.07, 6.45) is -1.51. The summed E-state index contributed by atoms with van der Waals surface area (Å²) in [5, 5.41) is 0. The minimum atomic E-state index is -4.18. The predicted octanol–water partition coefficient (Wildman–Crippen LogP) is 4.10. The number of imidazole rings is 1. The highest BCUT2D eigenvalue weighted by Crippen LogP contribution is 2.29. The summed E-state index contributed by atoms with van der Waals surface area (Å²) in [6.45, 7) is -0.186. The van der Waals surface area contributed by atoms with Gasteiger partial charge in [-0.05, 0) is 44.1 Å². The standard InChI is InChI=1S/C16H16F5N3/c17-12-2-1-11(7-13(12)18)14-8-22-15(23-14)10-3-5-24(6-4-10)9-16(19,20)21/h1-2,7-8,10H,3-6,9H2,(H,22,23). The van der Waals surface area contributed by atoms with Crippen LogP contribution in [0, 0.1) is 11.6 Å². The third kappa shape index (κ3) is 3.92. The van der Waals surface area contributed by atoms with Crippen molar-refractivity contribution < 1.29 is 22.0 Å². The molecule has 0 saturated carbocycles. The molecule has 0 radical (unpaired) electrons. The Kier molecular flexibility index (Phi) is 4.58. The molecule has 0 amide bonds. The average molecular weight is 345 g/mol. The lowest BCUT2D eigenvalue weighted by molar-refractivity contribution is -0.148. The monoisotopic (exact) mass is 345 g/mol. The van der Waals surface area contributed by atoms with E-state index in [1.54, 1.807) is 0 Å². The number of H-pyrrole nitrogens is 1. The van der Waals surface area contributed by atoms with E-state index in [1.165, 1.54) is 17.2 Å². The molecule has 2 aromatic rings. The summed E-state index contributed by atoms with van der Waals surface area (Å²) in [4.78, 5) is 8.71. The molecule has 0 unspecified atom stereocenters. The van der Waals surface area contributed by atoms with E-state index >= 15 is 0 Å². The van der Waals surface area contributed by atoms with Gasteiger partial charge in [-0.1, -0.05) is 0 Å². The Morgan fingerprint density at radius 2 is 1.83 bits per heavy atom. The first-order valence-electron chi connectivity index (χ1n) is 7.61. The Morgan fingerprint density at radius 3 is 2.46 bits per heavy atom. The van der Waals surface area contributed by atoms with Crippen molar-refractivity contribution in [1.29, 1.82) is 0 Å². The van der Waals surface area contributed by atoms with E-state index in [4.69, 9.17) is 0 Å². The zero-order valence-corrected chi connectivity index (χ0v) is 12.7. The number of benzene rings is 1. The van der Waals surface area contributed by atoms with Gasteiger partial charge in [0.15, 0.2) is 11.6 Å². The number of piperidine rings is 1. The fourth-order valence-electron chi connectivity index (χ4n) is 2.97. The number of alkyl halides is 3. The van der Waals surface area contributed by atoms with Crippen molar-refractivity contribution in [3.05, 3.63) is 41.9 Å². The van der Waals surface area contributed by atoms with Crippen LogP contribution in [0.1, 0.15) is 24.6 Å². The summed E-state index contributed by atoms with van der Waals surface area (Å²) in [5.41, 5.74) is 1.03. The number of aromatic nitrogens is 2. The average Bonchev–Trinajstić information content (AvgIpc) is 2.99. The van der Waals surface area contributed by atoms with Crippen LogP contribution >= 0.6 is 0 Å². The Morgan fingerprint density at radius 1 is 1.12 bits per heavy atom. The molecule has 8 heteroatoms.